The van der Waals surface area contributed by atoms with E-state index in [1.807, 2.05) is 0 Å². The third kappa shape index (κ3) is 3.11. The minimum absolute atomic E-state index is 0.987. The van der Waals surface area contributed by atoms with E-state index in [1.54, 1.807) is 19.3 Å². The Hall–Kier alpha value is 0.730. The van der Waals surface area contributed by atoms with Gasteiger partial charge in [0.25, 0.3) is 0 Å². The normalized spacial score (nSPS) is 36.6. The highest BCUT2D eigenvalue weighted by Crippen LogP contribution is 2.38. The largest absolute Gasteiger partial charge is 0.0826 e. The first-order valence-electron chi connectivity index (χ1n) is 6.50. The van der Waals surface area contributed by atoms with Gasteiger partial charge in [0.15, 0.2) is 0 Å². The average Bonchev–Trinajstić information content (AvgIpc) is 2.44. The predicted octanol–water partition coefficient (Wildman–Crippen LogP) is 4.95. The molecule has 2 unspecified atom stereocenters. The van der Waals surface area contributed by atoms with Crippen molar-refractivity contribution in [3.8, 4) is 0 Å². The zero-order chi connectivity index (χ0) is 9.80. The van der Waals surface area contributed by atoms with Gasteiger partial charge in [-0.05, 0) is 31.1 Å². The second kappa shape index (κ2) is 5.72. The van der Waals surface area contributed by atoms with Crippen LogP contribution in [0, 0.1) is 11.8 Å². The Labute approximate surface area is 102 Å². The standard InChI is InChI=1S/C13H23I/c14-13-8-4-7-12(9-10-13)11-5-2-1-3-6-11/h11-13H,1-10H2. The molecule has 2 aliphatic carbocycles. The summed E-state index contributed by atoms with van der Waals surface area (Å²) in [6.07, 6.45) is 15.2. The number of halogens is 1. The molecule has 0 aliphatic heterocycles. The third-order valence-corrected chi connectivity index (χ3v) is 5.51. The maximum absolute atomic E-state index is 2.66. The number of rotatable bonds is 1. The Balaban J connectivity index is 1.83. The van der Waals surface area contributed by atoms with E-state index in [-0.39, 0.29) is 0 Å². The summed E-state index contributed by atoms with van der Waals surface area (Å²) in [4.78, 5) is 0. The molecule has 0 aromatic carbocycles. The Morgan fingerprint density at radius 2 is 1.21 bits per heavy atom. The van der Waals surface area contributed by atoms with Crippen molar-refractivity contribution in [1.29, 1.82) is 0 Å². The Kier molecular flexibility index (Phi) is 4.58. The van der Waals surface area contributed by atoms with E-state index in [0.29, 0.717) is 0 Å². The smallest absolute Gasteiger partial charge is 0.0110 e. The zero-order valence-corrected chi connectivity index (χ0v) is 11.3. The van der Waals surface area contributed by atoms with Crippen LogP contribution in [0.15, 0.2) is 0 Å². The fourth-order valence-electron chi connectivity index (χ4n) is 3.36. The molecule has 0 nitrogen and oxygen atoms in total. The predicted molar refractivity (Wildman–Crippen MR) is 71.0 cm³/mol. The molecule has 82 valence electrons. The molecule has 0 saturated heterocycles. The molecule has 0 heterocycles. The van der Waals surface area contributed by atoms with Crippen molar-refractivity contribution in [3.63, 3.8) is 0 Å². The second-order valence-corrected chi connectivity index (χ2v) is 7.03. The van der Waals surface area contributed by atoms with Crippen molar-refractivity contribution in [3.05, 3.63) is 0 Å². The van der Waals surface area contributed by atoms with Gasteiger partial charge in [-0.25, -0.2) is 0 Å². The van der Waals surface area contributed by atoms with Gasteiger partial charge in [0, 0.05) is 3.92 Å². The lowest BCUT2D eigenvalue weighted by Gasteiger charge is -2.29. The van der Waals surface area contributed by atoms with E-state index in [2.05, 4.69) is 22.6 Å². The van der Waals surface area contributed by atoms with Crippen molar-refractivity contribution >= 4 is 22.6 Å². The Bertz CT molecular complexity index is 161. The number of hydrogen-bond acceptors (Lipinski definition) is 0. The number of alkyl halides is 1. The van der Waals surface area contributed by atoms with Crippen LogP contribution >= 0.6 is 22.6 Å². The van der Waals surface area contributed by atoms with Crippen LogP contribution in [0.5, 0.6) is 0 Å². The summed E-state index contributed by atoms with van der Waals surface area (Å²) < 4.78 is 0.987. The highest BCUT2D eigenvalue weighted by Gasteiger charge is 2.25. The summed E-state index contributed by atoms with van der Waals surface area (Å²) in [7, 11) is 0. The third-order valence-electron chi connectivity index (χ3n) is 4.26. The molecule has 2 saturated carbocycles. The average molecular weight is 306 g/mol. The van der Waals surface area contributed by atoms with Crippen LogP contribution in [0.1, 0.15) is 64.2 Å². The van der Waals surface area contributed by atoms with Gasteiger partial charge >= 0.3 is 0 Å². The molecule has 0 aromatic rings. The van der Waals surface area contributed by atoms with Crippen molar-refractivity contribution < 1.29 is 0 Å². The van der Waals surface area contributed by atoms with Crippen LogP contribution in [0.2, 0.25) is 0 Å². The molecule has 2 fully saturated rings. The van der Waals surface area contributed by atoms with Crippen LogP contribution in [-0.4, -0.2) is 3.92 Å². The van der Waals surface area contributed by atoms with Gasteiger partial charge in [0.05, 0.1) is 0 Å². The van der Waals surface area contributed by atoms with Gasteiger partial charge in [-0.15, -0.1) is 0 Å². The van der Waals surface area contributed by atoms with Crippen molar-refractivity contribution in [2.75, 3.05) is 0 Å². The lowest BCUT2D eigenvalue weighted by atomic mass is 9.77. The van der Waals surface area contributed by atoms with Gasteiger partial charge in [0.2, 0.25) is 0 Å². The fraction of sp³-hybridized carbons (Fsp3) is 1.00. The van der Waals surface area contributed by atoms with Crippen LogP contribution in [0.3, 0.4) is 0 Å². The van der Waals surface area contributed by atoms with E-state index in [4.69, 9.17) is 0 Å². The SMILES string of the molecule is IC1CCCC(C2CCCCC2)CC1. The van der Waals surface area contributed by atoms with Crippen LogP contribution in [0.25, 0.3) is 0 Å². The first kappa shape index (κ1) is 11.2. The van der Waals surface area contributed by atoms with Crippen molar-refractivity contribution in [2.24, 2.45) is 11.8 Å². The molecule has 0 radical (unpaired) electrons. The summed E-state index contributed by atoms with van der Waals surface area (Å²) in [5.41, 5.74) is 0. The van der Waals surface area contributed by atoms with Crippen LogP contribution in [-0.2, 0) is 0 Å². The molecule has 14 heavy (non-hydrogen) atoms. The number of hydrogen-bond donors (Lipinski definition) is 0. The maximum Gasteiger partial charge on any atom is 0.0110 e. The topological polar surface area (TPSA) is 0 Å². The molecular formula is C13H23I. The second-order valence-electron chi connectivity index (χ2n) is 5.26. The molecule has 0 N–H and O–H groups in total. The first-order valence-corrected chi connectivity index (χ1v) is 7.75. The highest BCUT2D eigenvalue weighted by atomic mass is 127. The summed E-state index contributed by atoms with van der Waals surface area (Å²) >= 11 is 2.66. The molecular weight excluding hydrogens is 283 g/mol. The van der Waals surface area contributed by atoms with Gasteiger partial charge in [-0.2, -0.15) is 0 Å². The van der Waals surface area contributed by atoms with Gasteiger partial charge < -0.3 is 0 Å². The van der Waals surface area contributed by atoms with Gasteiger partial charge in [-0.3, -0.25) is 0 Å². The molecule has 2 rings (SSSR count). The minimum atomic E-state index is 0.987. The van der Waals surface area contributed by atoms with Crippen LogP contribution < -0.4 is 0 Å². The molecule has 0 bridgehead atoms. The zero-order valence-electron chi connectivity index (χ0n) is 9.18. The van der Waals surface area contributed by atoms with E-state index in [0.717, 1.165) is 15.8 Å². The molecule has 1 heteroatoms. The lowest BCUT2D eigenvalue weighted by Crippen LogP contribution is -2.17. The first-order chi connectivity index (χ1) is 6.86. The van der Waals surface area contributed by atoms with Gasteiger partial charge in [-0.1, -0.05) is 67.5 Å². The van der Waals surface area contributed by atoms with Crippen molar-refractivity contribution in [1.82, 2.24) is 0 Å². The molecule has 2 atom stereocenters. The highest BCUT2D eigenvalue weighted by molar-refractivity contribution is 14.1. The molecule has 2 aliphatic rings. The monoisotopic (exact) mass is 306 g/mol. The molecule has 0 amide bonds. The van der Waals surface area contributed by atoms with Crippen molar-refractivity contribution in [2.45, 2.75) is 68.1 Å². The maximum atomic E-state index is 2.66. The molecule has 0 aromatic heterocycles. The summed E-state index contributed by atoms with van der Waals surface area (Å²) in [5.74, 6) is 2.22. The summed E-state index contributed by atoms with van der Waals surface area (Å²) in [6.45, 7) is 0. The molecule has 0 spiro atoms. The minimum Gasteiger partial charge on any atom is -0.0826 e. The van der Waals surface area contributed by atoms with E-state index in [1.165, 1.54) is 44.9 Å². The van der Waals surface area contributed by atoms with E-state index in [9.17, 15) is 0 Å². The fourth-order valence-corrected chi connectivity index (χ4v) is 4.16. The summed E-state index contributed by atoms with van der Waals surface area (Å²) in [6, 6.07) is 0. The Morgan fingerprint density at radius 3 is 2.00 bits per heavy atom. The quantitative estimate of drug-likeness (QED) is 0.365. The van der Waals surface area contributed by atoms with Crippen LogP contribution in [0.4, 0.5) is 0 Å². The van der Waals surface area contributed by atoms with E-state index >= 15 is 0 Å². The lowest BCUT2D eigenvalue weighted by molar-refractivity contribution is 0.227. The van der Waals surface area contributed by atoms with E-state index < -0.39 is 0 Å². The summed E-state index contributed by atoms with van der Waals surface area (Å²) in [5, 5.41) is 0. The van der Waals surface area contributed by atoms with Gasteiger partial charge in [0.1, 0.15) is 0 Å². The Morgan fingerprint density at radius 1 is 0.571 bits per heavy atom.